The molecule has 0 aliphatic carbocycles. The Balaban J connectivity index is 1.95. The first-order chi connectivity index (χ1) is 13.8. The van der Waals surface area contributed by atoms with E-state index in [1.807, 2.05) is 64.1 Å². The monoisotopic (exact) mass is 539 g/mol. The normalized spacial score (nSPS) is 15.3. The van der Waals surface area contributed by atoms with Crippen LogP contribution in [0.1, 0.15) is 30.5 Å². The number of anilines is 1. The van der Waals surface area contributed by atoms with Gasteiger partial charge in [0, 0.05) is 0 Å². The molecule has 0 aromatic heterocycles. The van der Waals surface area contributed by atoms with Crippen LogP contribution < -0.4 is 14.4 Å². The van der Waals surface area contributed by atoms with Gasteiger partial charge in [-0.2, -0.15) is 0 Å². The molecule has 0 atom stereocenters. The highest BCUT2D eigenvalue weighted by atomic mass is 127. The molecule has 1 amide bonds. The minimum absolute atomic E-state index is 0.106. The third kappa shape index (κ3) is 4.78. The number of hydrogen-bond donors (Lipinski definition) is 0. The fraction of sp³-hybridized carbons (Fsp3) is 0.273. The van der Waals surface area contributed by atoms with Gasteiger partial charge in [-0.05, 0) is 97.3 Å². The third-order valence-electron chi connectivity index (χ3n) is 4.46. The van der Waals surface area contributed by atoms with Crippen molar-refractivity contribution in [1.82, 2.24) is 0 Å². The number of carbonyl (C=O) groups excluding carboxylic acids is 1. The molecule has 152 valence electrons. The maximum atomic E-state index is 13.1. The summed E-state index contributed by atoms with van der Waals surface area (Å²) in [7, 11) is 0. The fourth-order valence-electron chi connectivity index (χ4n) is 2.93. The van der Waals surface area contributed by atoms with Gasteiger partial charge in [-0.1, -0.05) is 30.0 Å². The molecular weight excluding hydrogens is 517 g/mol. The van der Waals surface area contributed by atoms with Crippen molar-refractivity contribution in [3.8, 4) is 11.5 Å². The van der Waals surface area contributed by atoms with E-state index in [0.717, 1.165) is 26.1 Å². The van der Waals surface area contributed by atoms with E-state index in [2.05, 4.69) is 22.6 Å². The molecule has 1 fully saturated rings. The van der Waals surface area contributed by atoms with Gasteiger partial charge >= 0.3 is 0 Å². The topological polar surface area (TPSA) is 38.8 Å². The molecule has 7 heteroatoms. The summed E-state index contributed by atoms with van der Waals surface area (Å²) in [4.78, 5) is 15.3. The number of benzene rings is 2. The standard InChI is InChI=1S/C22H22INO3S2/c1-5-26-18-11-15(10-17(23)20(18)27-6-2)12-19-21(25)24(22(28)29-19)16-8-7-13(3)14(4)9-16/h7-12H,5-6H2,1-4H3/b19-12+. The van der Waals surface area contributed by atoms with Crippen LogP contribution >= 0.6 is 46.6 Å². The number of halogens is 1. The first-order valence-corrected chi connectivity index (χ1v) is 11.6. The number of hydrogen-bond acceptors (Lipinski definition) is 5. The average molecular weight is 539 g/mol. The molecule has 2 aromatic carbocycles. The highest BCUT2D eigenvalue weighted by molar-refractivity contribution is 14.1. The van der Waals surface area contributed by atoms with Crippen molar-refractivity contribution in [2.75, 3.05) is 18.1 Å². The SMILES string of the molecule is CCOc1cc(/C=C2/SC(=S)N(c3ccc(C)c(C)c3)C2=O)cc(I)c1OCC. The summed E-state index contributed by atoms with van der Waals surface area (Å²) in [5, 5.41) is 0. The Morgan fingerprint density at radius 2 is 1.83 bits per heavy atom. The predicted molar refractivity (Wildman–Crippen MR) is 133 cm³/mol. The smallest absolute Gasteiger partial charge is 0.270 e. The van der Waals surface area contributed by atoms with Crippen molar-refractivity contribution in [3.05, 3.63) is 55.5 Å². The Hall–Kier alpha value is -1.58. The quantitative estimate of drug-likeness (QED) is 0.252. The van der Waals surface area contributed by atoms with E-state index >= 15 is 0 Å². The van der Waals surface area contributed by atoms with Gasteiger partial charge in [0.25, 0.3) is 5.91 Å². The molecule has 1 aliphatic heterocycles. The molecule has 0 unspecified atom stereocenters. The van der Waals surface area contributed by atoms with Gasteiger partial charge in [0.1, 0.15) is 0 Å². The molecule has 0 saturated carbocycles. The second-order valence-corrected chi connectivity index (χ2v) is 9.32. The van der Waals surface area contributed by atoms with Crippen molar-refractivity contribution < 1.29 is 14.3 Å². The Labute approximate surface area is 194 Å². The van der Waals surface area contributed by atoms with E-state index in [4.69, 9.17) is 21.7 Å². The second-order valence-electron chi connectivity index (χ2n) is 6.48. The zero-order valence-electron chi connectivity index (χ0n) is 16.7. The average Bonchev–Trinajstić information content (AvgIpc) is 2.94. The number of rotatable bonds is 6. The summed E-state index contributed by atoms with van der Waals surface area (Å²) in [6, 6.07) is 9.82. The van der Waals surface area contributed by atoms with Gasteiger partial charge in [0.15, 0.2) is 15.8 Å². The Kier molecular flexibility index (Phi) is 7.23. The van der Waals surface area contributed by atoms with Crippen molar-refractivity contribution in [2.45, 2.75) is 27.7 Å². The lowest BCUT2D eigenvalue weighted by Gasteiger charge is -2.16. The van der Waals surface area contributed by atoms with Crippen LogP contribution in [0.15, 0.2) is 35.2 Å². The molecule has 0 bridgehead atoms. The number of amides is 1. The molecule has 1 heterocycles. The van der Waals surface area contributed by atoms with Crippen molar-refractivity contribution in [1.29, 1.82) is 0 Å². The molecule has 1 saturated heterocycles. The Morgan fingerprint density at radius 3 is 2.48 bits per heavy atom. The molecule has 2 aromatic rings. The Bertz CT molecular complexity index is 1000. The number of nitrogens with zero attached hydrogens (tertiary/aromatic N) is 1. The van der Waals surface area contributed by atoms with E-state index in [1.54, 1.807) is 4.90 Å². The fourth-order valence-corrected chi connectivity index (χ4v) is 5.01. The lowest BCUT2D eigenvalue weighted by Crippen LogP contribution is -2.27. The van der Waals surface area contributed by atoms with Crippen LogP contribution in [0.4, 0.5) is 5.69 Å². The summed E-state index contributed by atoms with van der Waals surface area (Å²) in [5.41, 5.74) is 3.99. The maximum Gasteiger partial charge on any atom is 0.270 e. The lowest BCUT2D eigenvalue weighted by molar-refractivity contribution is -0.113. The first kappa shape index (κ1) is 22.1. The van der Waals surface area contributed by atoms with Gasteiger partial charge in [-0.25, -0.2) is 0 Å². The van der Waals surface area contributed by atoms with Gasteiger partial charge in [0.2, 0.25) is 0 Å². The molecule has 4 nitrogen and oxygen atoms in total. The van der Waals surface area contributed by atoms with Gasteiger partial charge in [-0.3, -0.25) is 9.69 Å². The number of carbonyl (C=O) groups is 1. The summed E-state index contributed by atoms with van der Waals surface area (Å²) >= 11 is 9.04. The summed E-state index contributed by atoms with van der Waals surface area (Å²) in [6.07, 6.45) is 1.86. The van der Waals surface area contributed by atoms with E-state index in [0.29, 0.717) is 28.2 Å². The first-order valence-electron chi connectivity index (χ1n) is 9.30. The van der Waals surface area contributed by atoms with Crippen molar-refractivity contribution >= 4 is 68.6 Å². The zero-order chi connectivity index (χ0) is 21.1. The van der Waals surface area contributed by atoms with E-state index in [9.17, 15) is 4.79 Å². The summed E-state index contributed by atoms with van der Waals surface area (Å²) < 4.78 is 12.9. The number of ether oxygens (including phenoxy) is 2. The summed E-state index contributed by atoms with van der Waals surface area (Å²) in [5.74, 6) is 1.30. The van der Waals surface area contributed by atoms with Gasteiger partial charge in [0.05, 0.1) is 27.4 Å². The molecule has 0 N–H and O–H groups in total. The Morgan fingerprint density at radius 1 is 1.10 bits per heavy atom. The largest absolute Gasteiger partial charge is 0.490 e. The predicted octanol–water partition coefficient (Wildman–Crippen LogP) is 6.11. The van der Waals surface area contributed by atoms with E-state index in [1.165, 1.54) is 17.3 Å². The van der Waals surface area contributed by atoms with Crippen molar-refractivity contribution in [3.63, 3.8) is 0 Å². The van der Waals surface area contributed by atoms with Gasteiger partial charge < -0.3 is 9.47 Å². The number of thioether (sulfide) groups is 1. The third-order valence-corrected chi connectivity index (χ3v) is 6.56. The van der Waals surface area contributed by atoms with Crippen LogP contribution in [0.2, 0.25) is 0 Å². The highest BCUT2D eigenvalue weighted by Gasteiger charge is 2.33. The van der Waals surface area contributed by atoms with E-state index in [-0.39, 0.29) is 5.91 Å². The van der Waals surface area contributed by atoms with Crippen LogP contribution in [0.5, 0.6) is 11.5 Å². The molecule has 3 rings (SSSR count). The molecule has 1 aliphatic rings. The van der Waals surface area contributed by atoms with Crippen LogP contribution in [-0.4, -0.2) is 23.4 Å². The number of aryl methyl sites for hydroxylation is 2. The maximum absolute atomic E-state index is 13.1. The van der Waals surface area contributed by atoms with Crippen LogP contribution in [0.3, 0.4) is 0 Å². The van der Waals surface area contributed by atoms with Gasteiger partial charge in [-0.15, -0.1) is 0 Å². The summed E-state index contributed by atoms with van der Waals surface area (Å²) in [6.45, 7) is 9.05. The van der Waals surface area contributed by atoms with Crippen LogP contribution in [-0.2, 0) is 4.79 Å². The minimum Gasteiger partial charge on any atom is -0.490 e. The highest BCUT2D eigenvalue weighted by Crippen LogP contribution is 2.39. The lowest BCUT2D eigenvalue weighted by atomic mass is 10.1. The minimum atomic E-state index is -0.106. The van der Waals surface area contributed by atoms with Crippen LogP contribution in [0.25, 0.3) is 6.08 Å². The molecular formula is C22H22INO3S2. The van der Waals surface area contributed by atoms with Crippen LogP contribution in [0, 0.1) is 17.4 Å². The zero-order valence-corrected chi connectivity index (χ0v) is 20.5. The molecule has 0 spiro atoms. The van der Waals surface area contributed by atoms with E-state index < -0.39 is 0 Å². The van der Waals surface area contributed by atoms with Crippen molar-refractivity contribution in [2.24, 2.45) is 0 Å². The number of thiocarbonyl (C=S) groups is 1. The molecule has 29 heavy (non-hydrogen) atoms. The molecule has 0 radical (unpaired) electrons. The second kappa shape index (κ2) is 9.49.